The zero-order valence-electron chi connectivity index (χ0n) is 14.1. The molecule has 1 N–H and O–H groups in total. The van der Waals surface area contributed by atoms with Crippen LogP contribution in [0.25, 0.3) is 5.57 Å². The van der Waals surface area contributed by atoms with Gasteiger partial charge in [-0.25, -0.2) is 13.1 Å². The number of allylic oxidation sites excluding steroid dienone is 6. The molecule has 1 aromatic rings. The Morgan fingerprint density at radius 3 is 2.50 bits per heavy atom. The van der Waals surface area contributed by atoms with Crippen molar-refractivity contribution in [3.63, 3.8) is 0 Å². The minimum Gasteiger partial charge on any atom is -0.358 e. The standard InChI is InChI=1S/C18H18BF2IN2/c1-11-9-13(3)23-17(11)16(15-5-7-22-8-6-15)18-12(2)10-14(4)24(18)19(20)21/h5-10H,1-4H3/p+1. The maximum absolute atomic E-state index is 13.8. The van der Waals surface area contributed by atoms with Crippen molar-refractivity contribution >= 4 is 43.4 Å². The highest BCUT2D eigenvalue weighted by molar-refractivity contribution is 14.2. The highest BCUT2D eigenvalue weighted by Gasteiger charge is 2.44. The molecule has 0 amide bonds. The molecule has 0 spiro atoms. The summed E-state index contributed by atoms with van der Waals surface area (Å²) in [7, 11) is -2.57. The molecule has 24 heavy (non-hydrogen) atoms. The Kier molecular flexibility index (Phi) is 4.85. The van der Waals surface area contributed by atoms with Crippen LogP contribution in [0.15, 0.2) is 45.2 Å². The first kappa shape index (κ1) is 17.3. The summed E-state index contributed by atoms with van der Waals surface area (Å²) in [5.41, 5.74) is 6.88. The van der Waals surface area contributed by atoms with Crippen LogP contribution in [0.4, 0.5) is 8.63 Å². The highest BCUT2D eigenvalue weighted by atomic mass is 127. The maximum Gasteiger partial charge on any atom is 0.934 e. The summed E-state index contributed by atoms with van der Waals surface area (Å²) in [5.74, 6) is 0. The first-order valence-corrected chi connectivity index (χ1v) is 10.2. The number of aromatic amines is 1. The second-order valence-electron chi connectivity index (χ2n) is 6.02. The van der Waals surface area contributed by atoms with Gasteiger partial charge in [-0.3, -0.25) is 0 Å². The molecule has 0 bridgehead atoms. The molecule has 2 aliphatic heterocycles. The summed E-state index contributed by atoms with van der Waals surface area (Å²) < 4.78 is 33.0. The minimum absolute atomic E-state index is 0.0647. The fraction of sp³-hybridized carbons (Fsp3) is 0.222. The van der Waals surface area contributed by atoms with Crippen LogP contribution in [0.1, 0.15) is 30.8 Å². The number of H-pyrrole nitrogens is 1. The second-order valence-corrected chi connectivity index (χ2v) is 8.17. The molecular formula is C18H19BF2IN2+. The second kappa shape index (κ2) is 6.74. The molecule has 0 atom stereocenters. The van der Waals surface area contributed by atoms with E-state index in [4.69, 9.17) is 0 Å². The predicted molar refractivity (Wildman–Crippen MR) is 107 cm³/mol. The molecule has 1 aromatic heterocycles. The molecule has 0 aromatic carbocycles. The van der Waals surface area contributed by atoms with Crippen LogP contribution in [0.2, 0.25) is 0 Å². The predicted octanol–water partition coefficient (Wildman–Crippen LogP) is 4.93. The lowest BCUT2D eigenvalue weighted by Crippen LogP contribution is -2.25. The van der Waals surface area contributed by atoms with Crippen molar-refractivity contribution in [2.45, 2.75) is 27.7 Å². The van der Waals surface area contributed by atoms with E-state index in [2.05, 4.69) is 31.3 Å². The molecule has 2 aliphatic rings. The molecule has 0 fully saturated rings. The van der Waals surface area contributed by atoms with Gasteiger partial charge in [0.2, 0.25) is 0 Å². The van der Waals surface area contributed by atoms with E-state index in [9.17, 15) is 8.63 Å². The molecule has 2 nitrogen and oxygen atoms in total. The fourth-order valence-corrected chi connectivity index (χ4v) is 4.68. The van der Waals surface area contributed by atoms with Crippen molar-refractivity contribution in [2.75, 3.05) is 0 Å². The van der Waals surface area contributed by atoms with Gasteiger partial charge in [-0.2, -0.15) is 0 Å². The van der Waals surface area contributed by atoms with Crippen molar-refractivity contribution in [3.05, 3.63) is 62.2 Å². The molecule has 0 unspecified atom stereocenters. The Morgan fingerprint density at radius 2 is 1.96 bits per heavy atom. The molecular weight excluding hydrogens is 420 g/mol. The summed E-state index contributed by atoms with van der Waals surface area (Å²) in [4.78, 5) is 3.37. The van der Waals surface area contributed by atoms with Gasteiger partial charge in [-0.1, -0.05) is 20.7 Å². The van der Waals surface area contributed by atoms with E-state index in [1.54, 1.807) is 6.92 Å². The SMILES string of the molecule is CC1=CC(C)=[N+](B(F)F)/C1=C(/C1=CC=IC=C1)c1[nH]c(C)cc1C. The van der Waals surface area contributed by atoms with E-state index in [1.165, 1.54) is 0 Å². The van der Waals surface area contributed by atoms with Gasteiger partial charge in [0.05, 0.1) is 11.3 Å². The van der Waals surface area contributed by atoms with Crippen molar-refractivity contribution in [3.8, 4) is 0 Å². The van der Waals surface area contributed by atoms with Crippen LogP contribution in [-0.2, 0) is 0 Å². The number of aromatic nitrogens is 1. The number of nitrogens with one attached hydrogen (secondary N) is 1. The lowest BCUT2D eigenvalue weighted by molar-refractivity contribution is -0.343. The van der Waals surface area contributed by atoms with E-state index in [1.807, 2.05) is 26.8 Å². The maximum atomic E-state index is 13.8. The first-order valence-electron chi connectivity index (χ1n) is 7.73. The van der Waals surface area contributed by atoms with Crippen molar-refractivity contribution in [1.29, 1.82) is 0 Å². The third kappa shape index (κ3) is 3.03. The van der Waals surface area contributed by atoms with Crippen molar-refractivity contribution in [1.82, 2.24) is 4.98 Å². The number of hydrogen-bond donors (Lipinski definition) is 1. The van der Waals surface area contributed by atoms with Crippen LogP contribution in [0.3, 0.4) is 0 Å². The third-order valence-electron chi connectivity index (χ3n) is 4.17. The largest absolute Gasteiger partial charge is 0.934 e. The quantitative estimate of drug-likeness (QED) is 0.509. The number of nitrogens with zero attached hydrogens (tertiary/aromatic N) is 1. The number of aryl methyl sites for hydroxylation is 2. The van der Waals surface area contributed by atoms with Gasteiger partial charge in [0.15, 0.2) is 11.4 Å². The minimum atomic E-state index is -2.57. The number of halogens is 3. The van der Waals surface area contributed by atoms with E-state index in [-0.39, 0.29) is 20.7 Å². The van der Waals surface area contributed by atoms with Gasteiger partial charge in [-0.15, -0.1) is 0 Å². The lowest BCUT2D eigenvalue weighted by Gasteiger charge is -2.13. The Labute approximate surface area is 151 Å². The Morgan fingerprint density at radius 1 is 1.21 bits per heavy atom. The Balaban J connectivity index is 2.35. The highest BCUT2D eigenvalue weighted by Crippen LogP contribution is 2.37. The van der Waals surface area contributed by atoms with Gasteiger partial charge >= 0.3 is 7.40 Å². The molecule has 124 valence electrons. The average molecular weight is 439 g/mol. The van der Waals surface area contributed by atoms with Crippen LogP contribution < -0.4 is 0 Å². The van der Waals surface area contributed by atoms with E-state index < -0.39 is 7.40 Å². The Bertz CT molecular complexity index is 883. The van der Waals surface area contributed by atoms with Gasteiger partial charge in [0.1, 0.15) is 0 Å². The first-order chi connectivity index (χ1) is 11.4. The van der Waals surface area contributed by atoms with E-state index in [0.717, 1.165) is 38.2 Å². The Hall–Kier alpha value is -1.57. The normalized spacial score (nSPS) is 19.2. The third-order valence-corrected chi connectivity index (χ3v) is 5.72. The van der Waals surface area contributed by atoms with Crippen LogP contribution in [0, 0.1) is 13.8 Å². The molecule has 6 heteroatoms. The zero-order valence-corrected chi connectivity index (χ0v) is 16.3. The van der Waals surface area contributed by atoms with Crippen molar-refractivity contribution < 1.29 is 13.1 Å². The van der Waals surface area contributed by atoms with Gasteiger partial charge in [0, 0.05) is 24.3 Å². The summed E-state index contributed by atoms with van der Waals surface area (Å²) in [6.45, 7) is 7.63. The summed E-state index contributed by atoms with van der Waals surface area (Å²) >= 11 is -0.0647. The molecule has 3 heterocycles. The summed E-state index contributed by atoms with van der Waals surface area (Å²) in [6, 6.07) is 2.05. The van der Waals surface area contributed by atoms with E-state index >= 15 is 0 Å². The fourth-order valence-electron chi connectivity index (χ4n) is 3.25. The van der Waals surface area contributed by atoms with Gasteiger partial charge in [-0.05, 0) is 58.2 Å². The van der Waals surface area contributed by atoms with Gasteiger partial charge in [0.25, 0.3) is 0 Å². The topological polar surface area (TPSA) is 18.8 Å². The van der Waals surface area contributed by atoms with Crippen molar-refractivity contribution in [2.24, 2.45) is 0 Å². The lowest BCUT2D eigenvalue weighted by atomic mass is 9.94. The smallest absolute Gasteiger partial charge is 0.358 e. The number of hydrogen-bond acceptors (Lipinski definition) is 0. The molecule has 0 saturated carbocycles. The van der Waals surface area contributed by atoms with Crippen LogP contribution in [-0.4, -0.2) is 26.6 Å². The summed E-state index contributed by atoms with van der Waals surface area (Å²) in [5, 5.41) is 0. The van der Waals surface area contributed by atoms with Crippen LogP contribution >= 0.6 is 20.7 Å². The monoisotopic (exact) mass is 439 g/mol. The zero-order chi connectivity index (χ0) is 17.4. The van der Waals surface area contributed by atoms with Crippen LogP contribution in [0.5, 0.6) is 0 Å². The number of rotatable bonds is 3. The van der Waals surface area contributed by atoms with E-state index in [0.29, 0.717) is 11.4 Å². The average Bonchev–Trinajstić information content (AvgIpc) is 3.00. The molecule has 0 saturated heterocycles. The molecule has 0 radical (unpaired) electrons. The molecule has 3 rings (SSSR count). The summed E-state index contributed by atoms with van der Waals surface area (Å²) in [6.07, 6.45) is 5.96. The molecule has 0 aliphatic carbocycles. The van der Waals surface area contributed by atoms with Gasteiger partial charge < -0.3 is 4.98 Å².